The minimum absolute atomic E-state index is 0.558. The Morgan fingerprint density at radius 3 is 2.58 bits per heavy atom. The zero-order chi connectivity index (χ0) is 16.5. The molecule has 0 radical (unpaired) electrons. The Balaban J connectivity index is 1.49. The molecule has 0 amide bonds. The van der Waals surface area contributed by atoms with E-state index < -0.39 is 0 Å². The van der Waals surface area contributed by atoms with E-state index in [1.165, 1.54) is 0 Å². The van der Waals surface area contributed by atoms with Crippen molar-refractivity contribution in [2.45, 2.75) is 5.16 Å². The third-order valence-electron chi connectivity index (χ3n) is 3.61. The molecule has 2 heterocycles. The molecular weight excluding hydrogens is 346 g/mol. The summed E-state index contributed by atoms with van der Waals surface area (Å²) in [5, 5.41) is 9.89. The number of ether oxygens (including phenoxy) is 1. The minimum atomic E-state index is 0.558. The summed E-state index contributed by atoms with van der Waals surface area (Å²) in [4.78, 5) is 0. The number of imidazole rings is 1. The zero-order valence-electron chi connectivity index (χ0n) is 12.6. The lowest BCUT2D eigenvalue weighted by atomic mass is 10.3. The molecule has 4 rings (SSSR count). The predicted molar refractivity (Wildman–Crippen MR) is 96.3 cm³/mol. The molecule has 6 nitrogen and oxygen atoms in total. The average Bonchev–Trinajstić information content (AvgIpc) is 3.14. The largest absolute Gasteiger partial charge is 0.493 e. The summed E-state index contributed by atoms with van der Waals surface area (Å²) >= 11 is 7.43. The van der Waals surface area contributed by atoms with Gasteiger partial charge in [0.05, 0.1) is 17.6 Å². The molecular formula is C16H14ClN5OS. The molecule has 4 aromatic rings. The van der Waals surface area contributed by atoms with Gasteiger partial charge in [-0.25, -0.2) is 4.68 Å². The lowest BCUT2D eigenvalue weighted by Gasteiger charge is -2.05. The van der Waals surface area contributed by atoms with Gasteiger partial charge in [0.25, 0.3) is 5.78 Å². The van der Waals surface area contributed by atoms with Gasteiger partial charge in [-0.15, -0.1) is 10.2 Å². The highest BCUT2D eigenvalue weighted by Crippen LogP contribution is 2.24. The highest BCUT2D eigenvalue weighted by atomic mass is 35.5. The Hall–Kier alpha value is -2.38. The maximum Gasteiger partial charge on any atom is 0.255 e. The van der Waals surface area contributed by atoms with Gasteiger partial charge >= 0.3 is 0 Å². The second-order valence-corrected chi connectivity index (χ2v) is 6.63. The summed E-state index contributed by atoms with van der Waals surface area (Å²) in [6.45, 7) is 0.558. The minimum Gasteiger partial charge on any atom is -0.493 e. The van der Waals surface area contributed by atoms with E-state index in [2.05, 4.69) is 10.2 Å². The molecule has 0 aliphatic rings. The Morgan fingerprint density at radius 2 is 1.79 bits per heavy atom. The van der Waals surface area contributed by atoms with Crippen molar-refractivity contribution in [2.24, 2.45) is 0 Å². The molecule has 0 fully saturated rings. The Labute approximate surface area is 147 Å². The maximum atomic E-state index is 6.08. The Kier molecular flexibility index (Phi) is 3.95. The van der Waals surface area contributed by atoms with E-state index >= 15 is 0 Å². The zero-order valence-corrected chi connectivity index (χ0v) is 14.2. The molecule has 0 atom stereocenters. The van der Waals surface area contributed by atoms with Crippen LogP contribution in [0.3, 0.4) is 0 Å². The number of benzene rings is 2. The molecule has 0 spiro atoms. The second-order valence-electron chi connectivity index (χ2n) is 5.13. The van der Waals surface area contributed by atoms with Crippen molar-refractivity contribution in [3.05, 3.63) is 53.6 Å². The number of nitrogens with two attached hydrogens (primary N) is 1. The third-order valence-corrected chi connectivity index (χ3v) is 4.76. The van der Waals surface area contributed by atoms with Crippen LogP contribution in [0.5, 0.6) is 5.75 Å². The van der Waals surface area contributed by atoms with Gasteiger partial charge < -0.3 is 10.6 Å². The van der Waals surface area contributed by atoms with Crippen LogP contribution in [0.1, 0.15) is 0 Å². The molecule has 0 saturated carbocycles. The SMILES string of the molecule is Nn1c2ccccc2n2c(SCCOc3ccc(Cl)cc3)nnc12. The summed E-state index contributed by atoms with van der Waals surface area (Å²) in [6, 6.07) is 15.2. The van der Waals surface area contributed by atoms with E-state index in [0.717, 1.165) is 27.7 Å². The predicted octanol–water partition coefficient (Wildman–Crippen LogP) is 3.22. The molecule has 2 aromatic carbocycles. The first-order valence-corrected chi connectivity index (χ1v) is 8.71. The fraction of sp³-hybridized carbons (Fsp3) is 0.125. The van der Waals surface area contributed by atoms with E-state index in [4.69, 9.17) is 22.2 Å². The van der Waals surface area contributed by atoms with Crippen molar-refractivity contribution in [1.82, 2.24) is 19.3 Å². The van der Waals surface area contributed by atoms with E-state index in [9.17, 15) is 0 Å². The summed E-state index contributed by atoms with van der Waals surface area (Å²) in [5.41, 5.74) is 1.91. The first kappa shape index (κ1) is 15.2. The molecule has 0 unspecified atom stereocenters. The number of nitrogen functional groups attached to an aromatic ring is 1. The number of halogens is 1. The lowest BCUT2D eigenvalue weighted by molar-refractivity contribution is 0.344. The summed E-state index contributed by atoms with van der Waals surface area (Å²) < 4.78 is 9.21. The first-order chi connectivity index (χ1) is 11.7. The van der Waals surface area contributed by atoms with Crippen LogP contribution in [0.2, 0.25) is 5.02 Å². The highest BCUT2D eigenvalue weighted by molar-refractivity contribution is 7.99. The Bertz CT molecular complexity index is 995. The monoisotopic (exact) mass is 359 g/mol. The number of fused-ring (bicyclic) bond motifs is 3. The first-order valence-electron chi connectivity index (χ1n) is 7.35. The van der Waals surface area contributed by atoms with Crippen molar-refractivity contribution in [2.75, 3.05) is 18.2 Å². The second kappa shape index (κ2) is 6.26. The number of aromatic nitrogens is 4. The number of hydrogen-bond acceptors (Lipinski definition) is 5. The van der Waals surface area contributed by atoms with Crippen molar-refractivity contribution >= 4 is 40.2 Å². The summed E-state index contributed by atoms with van der Waals surface area (Å²) in [7, 11) is 0. The van der Waals surface area contributed by atoms with Crippen molar-refractivity contribution < 1.29 is 4.74 Å². The van der Waals surface area contributed by atoms with E-state index in [0.29, 0.717) is 17.4 Å². The van der Waals surface area contributed by atoms with E-state index in [-0.39, 0.29) is 0 Å². The van der Waals surface area contributed by atoms with Crippen molar-refractivity contribution in [3.8, 4) is 5.75 Å². The molecule has 8 heteroatoms. The van der Waals surface area contributed by atoms with Gasteiger partial charge in [0.1, 0.15) is 5.75 Å². The van der Waals surface area contributed by atoms with E-state index in [1.54, 1.807) is 16.4 Å². The average molecular weight is 360 g/mol. The normalized spacial score (nSPS) is 11.4. The smallest absolute Gasteiger partial charge is 0.255 e. The quantitative estimate of drug-likeness (QED) is 0.336. The van der Waals surface area contributed by atoms with Crippen LogP contribution >= 0.6 is 23.4 Å². The van der Waals surface area contributed by atoms with Gasteiger partial charge in [-0.2, -0.15) is 0 Å². The molecule has 0 aliphatic heterocycles. The van der Waals surface area contributed by atoms with Crippen LogP contribution in [0, 0.1) is 0 Å². The van der Waals surface area contributed by atoms with Gasteiger partial charge in [-0.3, -0.25) is 4.40 Å². The van der Waals surface area contributed by atoms with Gasteiger partial charge in [0.2, 0.25) is 0 Å². The molecule has 0 aliphatic carbocycles. The topological polar surface area (TPSA) is 70.4 Å². The molecule has 122 valence electrons. The van der Waals surface area contributed by atoms with Gasteiger partial charge in [0.15, 0.2) is 5.16 Å². The van der Waals surface area contributed by atoms with Crippen LogP contribution in [0.15, 0.2) is 53.7 Å². The lowest BCUT2D eigenvalue weighted by Crippen LogP contribution is -2.07. The molecule has 0 saturated heterocycles. The van der Waals surface area contributed by atoms with Crippen LogP contribution in [-0.2, 0) is 0 Å². The van der Waals surface area contributed by atoms with E-state index in [1.807, 2.05) is 52.9 Å². The number of nitrogens with zero attached hydrogens (tertiary/aromatic N) is 4. The van der Waals surface area contributed by atoms with Crippen molar-refractivity contribution in [1.29, 1.82) is 0 Å². The third kappa shape index (κ3) is 2.65. The van der Waals surface area contributed by atoms with Crippen LogP contribution in [0.25, 0.3) is 16.8 Å². The van der Waals surface area contributed by atoms with Crippen molar-refractivity contribution in [3.63, 3.8) is 0 Å². The summed E-state index contributed by atoms with van der Waals surface area (Å²) in [5.74, 6) is 8.24. The van der Waals surface area contributed by atoms with Gasteiger partial charge in [0, 0.05) is 10.8 Å². The number of thioether (sulfide) groups is 1. The molecule has 24 heavy (non-hydrogen) atoms. The van der Waals surface area contributed by atoms with Crippen LogP contribution < -0.4 is 10.6 Å². The van der Waals surface area contributed by atoms with Gasteiger partial charge in [-0.05, 0) is 36.4 Å². The standard InChI is InChI=1S/C16H14ClN5OS/c17-11-5-7-12(8-6-11)23-9-10-24-16-20-19-15-21(16)13-3-1-2-4-14(13)22(15)18/h1-8H,9-10,18H2. The number of rotatable bonds is 5. The fourth-order valence-electron chi connectivity index (χ4n) is 2.51. The molecule has 2 aromatic heterocycles. The van der Waals surface area contributed by atoms with Crippen LogP contribution in [-0.4, -0.2) is 31.6 Å². The Morgan fingerprint density at radius 1 is 1.04 bits per heavy atom. The number of hydrogen-bond donors (Lipinski definition) is 1. The number of para-hydroxylation sites is 2. The van der Waals surface area contributed by atoms with Gasteiger partial charge in [-0.1, -0.05) is 35.5 Å². The summed E-state index contributed by atoms with van der Waals surface area (Å²) in [6.07, 6.45) is 0. The van der Waals surface area contributed by atoms with Crippen LogP contribution in [0.4, 0.5) is 0 Å². The maximum absolute atomic E-state index is 6.08. The fourth-order valence-corrected chi connectivity index (χ4v) is 3.39. The molecule has 2 N–H and O–H groups in total. The highest BCUT2D eigenvalue weighted by Gasteiger charge is 2.15. The molecule has 0 bridgehead atoms.